The van der Waals surface area contributed by atoms with E-state index in [1.54, 1.807) is 0 Å². The maximum Gasteiger partial charge on any atom is 0.128 e. The monoisotopic (exact) mass is 299 g/mol. The third kappa shape index (κ3) is 1.95. The highest BCUT2D eigenvalue weighted by Gasteiger charge is 2.31. The Morgan fingerprint density at radius 1 is 1.24 bits per heavy atom. The van der Waals surface area contributed by atoms with Gasteiger partial charge in [0.05, 0.1) is 22.6 Å². The molecule has 0 amide bonds. The predicted molar refractivity (Wildman–Crippen MR) is 86.7 cm³/mol. The number of pyridine rings is 1. The lowest BCUT2D eigenvalue weighted by molar-refractivity contribution is 0.216. The SMILES string of the molecule is CC1CC(n2c(C(C)Cl)nc3cnc4ccccc4c32)C1. The highest BCUT2D eigenvalue weighted by molar-refractivity contribution is 6.20. The standard InChI is InChI=1S/C17H18ClN3/c1-10-7-12(8-10)21-16-13-5-3-4-6-14(13)19-9-15(16)20-17(21)11(2)18/h3-6,9-12H,7-8H2,1-2H3. The number of fused-ring (bicyclic) bond motifs is 3. The number of rotatable bonds is 2. The molecule has 1 unspecified atom stereocenters. The number of hydrogen-bond donors (Lipinski definition) is 0. The summed E-state index contributed by atoms with van der Waals surface area (Å²) in [5.74, 6) is 1.76. The van der Waals surface area contributed by atoms with Gasteiger partial charge in [-0.05, 0) is 31.7 Å². The summed E-state index contributed by atoms with van der Waals surface area (Å²) in [6, 6.07) is 8.80. The van der Waals surface area contributed by atoms with Crippen molar-refractivity contribution in [1.82, 2.24) is 14.5 Å². The summed E-state index contributed by atoms with van der Waals surface area (Å²) in [6.45, 7) is 4.30. The van der Waals surface area contributed by atoms with Gasteiger partial charge in [0.15, 0.2) is 0 Å². The van der Waals surface area contributed by atoms with Crippen LogP contribution in [0.4, 0.5) is 0 Å². The van der Waals surface area contributed by atoms with Crippen LogP contribution in [-0.4, -0.2) is 14.5 Å². The first-order valence-corrected chi connectivity index (χ1v) is 7.98. The van der Waals surface area contributed by atoms with Gasteiger partial charge in [-0.1, -0.05) is 25.1 Å². The van der Waals surface area contributed by atoms with Crippen molar-refractivity contribution in [3.8, 4) is 0 Å². The van der Waals surface area contributed by atoms with Gasteiger partial charge in [0, 0.05) is 11.4 Å². The van der Waals surface area contributed by atoms with Gasteiger partial charge in [-0.15, -0.1) is 11.6 Å². The van der Waals surface area contributed by atoms with Crippen LogP contribution in [0.3, 0.4) is 0 Å². The van der Waals surface area contributed by atoms with Crippen LogP contribution in [0.1, 0.15) is 43.9 Å². The lowest BCUT2D eigenvalue weighted by Gasteiger charge is -2.35. The molecule has 0 spiro atoms. The van der Waals surface area contributed by atoms with Crippen LogP contribution in [0.15, 0.2) is 30.5 Å². The van der Waals surface area contributed by atoms with E-state index in [0.29, 0.717) is 6.04 Å². The van der Waals surface area contributed by atoms with Crippen molar-refractivity contribution in [2.75, 3.05) is 0 Å². The lowest BCUT2D eigenvalue weighted by atomic mass is 9.81. The van der Waals surface area contributed by atoms with Crippen molar-refractivity contribution in [3.63, 3.8) is 0 Å². The molecule has 1 aliphatic rings. The van der Waals surface area contributed by atoms with Gasteiger partial charge < -0.3 is 4.57 Å². The molecule has 0 N–H and O–H groups in total. The van der Waals surface area contributed by atoms with Crippen molar-refractivity contribution >= 4 is 33.5 Å². The Hall–Kier alpha value is -1.61. The molecule has 0 aliphatic heterocycles. The Bertz CT molecular complexity index is 815. The zero-order chi connectivity index (χ0) is 14.6. The summed E-state index contributed by atoms with van der Waals surface area (Å²) in [6.07, 6.45) is 4.29. The normalized spacial score (nSPS) is 23.4. The minimum absolute atomic E-state index is 0.0907. The number of benzene rings is 1. The summed E-state index contributed by atoms with van der Waals surface area (Å²) in [5, 5.41) is 1.08. The summed E-state index contributed by atoms with van der Waals surface area (Å²) >= 11 is 6.39. The van der Waals surface area contributed by atoms with Crippen LogP contribution >= 0.6 is 11.6 Å². The van der Waals surface area contributed by atoms with Crippen LogP contribution in [-0.2, 0) is 0 Å². The van der Waals surface area contributed by atoms with Crippen LogP contribution < -0.4 is 0 Å². The fraction of sp³-hybridized carbons (Fsp3) is 0.412. The van der Waals surface area contributed by atoms with Crippen molar-refractivity contribution in [2.45, 2.75) is 38.1 Å². The van der Waals surface area contributed by atoms with E-state index in [4.69, 9.17) is 16.6 Å². The molecule has 3 nitrogen and oxygen atoms in total. The van der Waals surface area contributed by atoms with E-state index in [-0.39, 0.29) is 5.38 Å². The first kappa shape index (κ1) is 13.1. The average Bonchev–Trinajstić information content (AvgIpc) is 2.83. The second-order valence-electron chi connectivity index (χ2n) is 6.20. The van der Waals surface area contributed by atoms with Crippen LogP contribution in [0.25, 0.3) is 21.9 Å². The largest absolute Gasteiger partial charge is 0.323 e. The Kier molecular flexibility index (Phi) is 2.93. The van der Waals surface area contributed by atoms with Gasteiger partial charge >= 0.3 is 0 Å². The van der Waals surface area contributed by atoms with Crippen molar-refractivity contribution in [2.24, 2.45) is 5.92 Å². The van der Waals surface area contributed by atoms with Gasteiger partial charge in [0.1, 0.15) is 11.3 Å². The number of para-hydroxylation sites is 1. The third-order valence-electron chi connectivity index (χ3n) is 4.52. The Labute approximate surface area is 129 Å². The lowest BCUT2D eigenvalue weighted by Crippen LogP contribution is -2.26. The maximum atomic E-state index is 6.39. The number of halogens is 1. The fourth-order valence-electron chi connectivity index (χ4n) is 3.46. The smallest absolute Gasteiger partial charge is 0.128 e. The minimum Gasteiger partial charge on any atom is -0.323 e. The maximum absolute atomic E-state index is 6.39. The van der Waals surface area contributed by atoms with E-state index in [0.717, 1.165) is 22.8 Å². The molecule has 1 atom stereocenters. The van der Waals surface area contributed by atoms with Gasteiger partial charge in [-0.3, -0.25) is 4.98 Å². The Morgan fingerprint density at radius 2 is 2.00 bits per heavy atom. The molecule has 3 aromatic rings. The number of nitrogens with zero attached hydrogens (tertiary/aromatic N) is 3. The van der Waals surface area contributed by atoms with E-state index >= 15 is 0 Å². The highest BCUT2D eigenvalue weighted by atomic mass is 35.5. The van der Waals surface area contributed by atoms with Gasteiger partial charge in [0.2, 0.25) is 0 Å². The first-order chi connectivity index (χ1) is 10.1. The van der Waals surface area contributed by atoms with Crippen LogP contribution in [0.5, 0.6) is 0 Å². The zero-order valence-corrected chi connectivity index (χ0v) is 13.0. The molecule has 1 aromatic carbocycles. The third-order valence-corrected chi connectivity index (χ3v) is 4.72. The number of aromatic nitrogens is 3. The molecule has 2 heterocycles. The molecular formula is C17H18ClN3. The molecule has 1 aliphatic carbocycles. The molecule has 4 heteroatoms. The minimum atomic E-state index is -0.0907. The summed E-state index contributed by atoms with van der Waals surface area (Å²) in [5.41, 5.74) is 3.17. The molecular weight excluding hydrogens is 282 g/mol. The Balaban J connectivity index is 2.06. The summed E-state index contributed by atoms with van der Waals surface area (Å²) in [7, 11) is 0. The molecule has 1 saturated carbocycles. The second kappa shape index (κ2) is 4.70. The number of alkyl halides is 1. The van der Waals surface area contributed by atoms with Crippen molar-refractivity contribution < 1.29 is 0 Å². The first-order valence-electron chi connectivity index (χ1n) is 7.55. The highest BCUT2D eigenvalue weighted by Crippen LogP contribution is 2.42. The van der Waals surface area contributed by atoms with Crippen molar-refractivity contribution in [3.05, 3.63) is 36.3 Å². The van der Waals surface area contributed by atoms with E-state index in [1.807, 2.05) is 19.2 Å². The molecule has 0 radical (unpaired) electrons. The van der Waals surface area contributed by atoms with E-state index in [2.05, 4.69) is 34.7 Å². The number of imidazole rings is 1. The van der Waals surface area contributed by atoms with E-state index in [9.17, 15) is 0 Å². The van der Waals surface area contributed by atoms with Crippen LogP contribution in [0.2, 0.25) is 0 Å². The van der Waals surface area contributed by atoms with Gasteiger partial charge in [0.25, 0.3) is 0 Å². The number of hydrogen-bond acceptors (Lipinski definition) is 2. The summed E-state index contributed by atoms with van der Waals surface area (Å²) < 4.78 is 2.37. The fourth-order valence-corrected chi connectivity index (χ4v) is 3.62. The predicted octanol–water partition coefficient (Wildman–Crippen LogP) is 4.86. The molecule has 1 fully saturated rings. The topological polar surface area (TPSA) is 30.7 Å². The molecule has 4 rings (SSSR count). The molecule has 0 saturated heterocycles. The van der Waals surface area contributed by atoms with Crippen molar-refractivity contribution in [1.29, 1.82) is 0 Å². The Morgan fingerprint density at radius 3 is 2.71 bits per heavy atom. The molecule has 108 valence electrons. The zero-order valence-electron chi connectivity index (χ0n) is 12.3. The average molecular weight is 300 g/mol. The van der Waals surface area contributed by atoms with E-state index < -0.39 is 0 Å². The molecule has 2 aromatic heterocycles. The quantitative estimate of drug-likeness (QED) is 0.633. The van der Waals surface area contributed by atoms with Crippen LogP contribution in [0, 0.1) is 5.92 Å². The molecule has 0 bridgehead atoms. The van der Waals surface area contributed by atoms with E-state index in [1.165, 1.54) is 23.7 Å². The summed E-state index contributed by atoms with van der Waals surface area (Å²) in [4.78, 5) is 9.28. The molecule has 21 heavy (non-hydrogen) atoms. The second-order valence-corrected chi connectivity index (χ2v) is 6.85. The van der Waals surface area contributed by atoms with Gasteiger partial charge in [-0.25, -0.2) is 4.98 Å². The van der Waals surface area contributed by atoms with Gasteiger partial charge in [-0.2, -0.15) is 0 Å².